The Labute approximate surface area is 143 Å². The Morgan fingerprint density at radius 2 is 1.79 bits per heavy atom. The van der Waals surface area contributed by atoms with E-state index in [9.17, 15) is 19.5 Å². The van der Waals surface area contributed by atoms with Crippen LogP contribution in [0, 0.1) is 5.92 Å². The quantitative estimate of drug-likeness (QED) is 0.394. The zero-order valence-electron chi connectivity index (χ0n) is 14.8. The zero-order valence-corrected chi connectivity index (χ0v) is 14.8. The molecule has 0 radical (unpaired) electrons. The summed E-state index contributed by atoms with van der Waals surface area (Å²) in [5.41, 5.74) is 5.44. The molecule has 24 heavy (non-hydrogen) atoms. The summed E-state index contributed by atoms with van der Waals surface area (Å²) >= 11 is 0. The van der Waals surface area contributed by atoms with E-state index in [0.717, 1.165) is 12.8 Å². The van der Waals surface area contributed by atoms with Gasteiger partial charge in [0.15, 0.2) is 0 Å². The Kier molecular flexibility index (Phi) is 11.6. The normalized spacial score (nSPS) is 13.2. The van der Waals surface area contributed by atoms with E-state index in [4.69, 9.17) is 10.5 Å². The SMILES string of the molecule is CCCCOC(=O)N[C@@H](CCCCN)C(=O)N[C@H](C(=O)O)C(C)C. The first-order valence-corrected chi connectivity index (χ1v) is 8.50. The number of aliphatic carboxylic acids is 1. The molecule has 0 aromatic carbocycles. The Morgan fingerprint density at radius 3 is 2.29 bits per heavy atom. The van der Waals surface area contributed by atoms with E-state index in [2.05, 4.69) is 10.6 Å². The van der Waals surface area contributed by atoms with Crippen molar-refractivity contribution in [3.8, 4) is 0 Å². The molecule has 0 aromatic rings. The number of amides is 2. The molecule has 0 spiro atoms. The van der Waals surface area contributed by atoms with Crippen molar-refractivity contribution in [2.75, 3.05) is 13.2 Å². The second kappa shape index (κ2) is 12.6. The molecule has 8 heteroatoms. The van der Waals surface area contributed by atoms with Gasteiger partial charge >= 0.3 is 12.1 Å². The van der Waals surface area contributed by atoms with Crippen molar-refractivity contribution >= 4 is 18.0 Å². The van der Waals surface area contributed by atoms with Crippen LogP contribution >= 0.6 is 0 Å². The second-order valence-electron chi connectivity index (χ2n) is 6.04. The molecule has 8 nitrogen and oxygen atoms in total. The summed E-state index contributed by atoms with van der Waals surface area (Å²) in [6.45, 7) is 6.15. The highest BCUT2D eigenvalue weighted by Gasteiger charge is 2.28. The number of carboxylic acids is 1. The lowest BCUT2D eigenvalue weighted by molar-refractivity contribution is -0.143. The lowest BCUT2D eigenvalue weighted by Gasteiger charge is -2.23. The third-order valence-corrected chi connectivity index (χ3v) is 3.52. The van der Waals surface area contributed by atoms with Crippen molar-refractivity contribution in [3.05, 3.63) is 0 Å². The standard InChI is InChI=1S/C16H31N3O5/c1-4-5-10-24-16(23)18-12(8-6-7-9-17)14(20)19-13(11(2)3)15(21)22/h11-13H,4-10,17H2,1-3H3,(H,18,23)(H,19,20)(H,21,22)/t12-,13-/m0/s1. The molecule has 2 amide bonds. The third-order valence-electron chi connectivity index (χ3n) is 3.52. The average Bonchev–Trinajstić information content (AvgIpc) is 2.51. The van der Waals surface area contributed by atoms with Gasteiger partial charge in [-0.1, -0.05) is 27.2 Å². The van der Waals surface area contributed by atoms with E-state index < -0.39 is 30.1 Å². The fraction of sp³-hybridized carbons (Fsp3) is 0.812. The molecule has 0 aliphatic rings. The summed E-state index contributed by atoms with van der Waals surface area (Å²) < 4.78 is 5.00. The number of hydrogen-bond acceptors (Lipinski definition) is 5. The van der Waals surface area contributed by atoms with Crippen molar-refractivity contribution in [3.63, 3.8) is 0 Å². The van der Waals surface area contributed by atoms with Crippen LogP contribution in [0.2, 0.25) is 0 Å². The van der Waals surface area contributed by atoms with Gasteiger partial charge in [-0.25, -0.2) is 9.59 Å². The number of hydrogen-bond donors (Lipinski definition) is 4. The van der Waals surface area contributed by atoms with Gasteiger partial charge in [-0.05, 0) is 38.1 Å². The van der Waals surface area contributed by atoms with Crippen molar-refractivity contribution in [2.45, 2.75) is 65.0 Å². The van der Waals surface area contributed by atoms with Crippen LogP contribution in [-0.2, 0) is 14.3 Å². The molecular formula is C16H31N3O5. The maximum Gasteiger partial charge on any atom is 0.407 e. The number of nitrogens with one attached hydrogen (secondary N) is 2. The summed E-state index contributed by atoms with van der Waals surface area (Å²) in [5.74, 6) is -1.90. The van der Waals surface area contributed by atoms with Crippen molar-refractivity contribution < 1.29 is 24.2 Å². The van der Waals surface area contributed by atoms with E-state index in [1.165, 1.54) is 0 Å². The number of ether oxygens (including phenoxy) is 1. The fourth-order valence-electron chi connectivity index (χ4n) is 2.02. The molecule has 0 aliphatic carbocycles. The topological polar surface area (TPSA) is 131 Å². The van der Waals surface area contributed by atoms with Crippen LogP contribution in [0.15, 0.2) is 0 Å². The van der Waals surface area contributed by atoms with Gasteiger partial charge in [0.05, 0.1) is 6.61 Å². The molecule has 0 heterocycles. The van der Waals surface area contributed by atoms with E-state index >= 15 is 0 Å². The van der Waals surface area contributed by atoms with Gasteiger partial charge in [0, 0.05) is 0 Å². The Morgan fingerprint density at radius 1 is 1.12 bits per heavy atom. The third kappa shape index (κ3) is 9.34. The molecular weight excluding hydrogens is 314 g/mol. The second-order valence-corrected chi connectivity index (χ2v) is 6.04. The minimum atomic E-state index is -1.11. The van der Waals surface area contributed by atoms with Gasteiger partial charge in [0.1, 0.15) is 12.1 Å². The van der Waals surface area contributed by atoms with Crippen molar-refractivity contribution in [1.29, 1.82) is 0 Å². The summed E-state index contributed by atoms with van der Waals surface area (Å²) in [7, 11) is 0. The van der Waals surface area contributed by atoms with Crippen LogP contribution < -0.4 is 16.4 Å². The molecule has 0 unspecified atom stereocenters. The van der Waals surface area contributed by atoms with Crippen LogP contribution in [0.25, 0.3) is 0 Å². The number of alkyl carbamates (subject to hydrolysis) is 1. The van der Waals surface area contributed by atoms with Crippen LogP contribution in [0.3, 0.4) is 0 Å². The Hall–Kier alpha value is -1.83. The number of nitrogens with two attached hydrogens (primary N) is 1. The predicted octanol–water partition coefficient (Wildman–Crippen LogP) is 1.24. The van der Waals surface area contributed by atoms with Gasteiger partial charge in [-0.2, -0.15) is 0 Å². The molecule has 5 N–H and O–H groups in total. The van der Waals surface area contributed by atoms with Gasteiger partial charge in [0.2, 0.25) is 5.91 Å². The largest absolute Gasteiger partial charge is 0.480 e. The molecule has 0 saturated carbocycles. The highest BCUT2D eigenvalue weighted by Crippen LogP contribution is 2.06. The number of carbonyl (C=O) groups is 3. The minimum Gasteiger partial charge on any atom is -0.480 e. The lowest BCUT2D eigenvalue weighted by Crippen LogP contribution is -2.53. The molecule has 2 atom stereocenters. The fourth-order valence-corrected chi connectivity index (χ4v) is 2.02. The van der Waals surface area contributed by atoms with Gasteiger partial charge < -0.3 is 26.2 Å². The average molecular weight is 345 g/mol. The van der Waals surface area contributed by atoms with Crippen molar-refractivity contribution in [2.24, 2.45) is 11.7 Å². The Bertz CT molecular complexity index is 401. The monoisotopic (exact) mass is 345 g/mol. The Balaban J connectivity index is 4.74. The molecule has 0 aromatic heterocycles. The molecule has 0 fully saturated rings. The van der Waals surface area contributed by atoms with Crippen LogP contribution in [-0.4, -0.2) is 48.3 Å². The maximum atomic E-state index is 12.3. The number of rotatable bonds is 12. The summed E-state index contributed by atoms with van der Waals surface area (Å²) in [5, 5.41) is 14.2. The van der Waals surface area contributed by atoms with E-state index in [0.29, 0.717) is 25.8 Å². The van der Waals surface area contributed by atoms with Gasteiger partial charge in [0.25, 0.3) is 0 Å². The van der Waals surface area contributed by atoms with Crippen LogP contribution in [0.1, 0.15) is 52.9 Å². The molecule has 0 bridgehead atoms. The lowest BCUT2D eigenvalue weighted by atomic mass is 10.0. The molecule has 0 saturated heterocycles. The van der Waals surface area contributed by atoms with E-state index in [-0.39, 0.29) is 12.5 Å². The highest BCUT2D eigenvalue weighted by atomic mass is 16.5. The molecule has 0 rings (SSSR count). The van der Waals surface area contributed by atoms with E-state index in [1.807, 2.05) is 6.92 Å². The predicted molar refractivity (Wildman–Crippen MR) is 90.5 cm³/mol. The number of carboxylic acid groups (broad SMARTS) is 1. The minimum absolute atomic E-state index is 0.271. The van der Waals surface area contributed by atoms with Gasteiger partial charge in [-0.3, -0.25) is 4.79 Å². The number of unbranched alkanes of at least 4 members (excludes halogenated alkanes) is 2. The smallest absolute Gasteiger partial charge is 0.407 e. The molecule has 0 aliphatic heterocycles. The highest BCUT2D eigenvalue weighted by molar-refractivity contribution is 5.89. The summed E-state index contributed by atoms with van der Waals surface area (Å²) in [4.78, 5) is 35.3. The first-order chi connectivity index (χ1) is 11.3. The van der Waals surface area contributed by atoms with Crippen molar-refractivity contribution in [1.82, 2.24) is 10.6 Å². The first kappa shape index (κ1) is 22.2. The van der Waals surface area contributed by atoms with Gasteiger partial charge in [-0.15, -0.1) is 0 Å². The van der Waals surface area contributed by atoms with E-state index in [1.54, 1.807) is 13.8 Å². The van der Waals surface area contributed by atoms with Crippen LogP contribution in [0.4, 0.5) is 4.79 Å². The van der Waals surface area contributed by atoms with Crippen LogP contribution in [0.5, 0.6) is 0 Å². The number of carbonyl (C=O) groups excluding carboxylic acids is 2. The zero-order chi connectivity index (χ0) is 18.5. The molecule has 140 valence electrons. The first-order valence-electron chi connectivity index (χ1n) is 8.50. The summed E-state index contributed by atoms with van der Waals surface area (Å²) in [6.07, 6.45) is 2.68. The summed E-state index contributed by atoms with van der Waals surface area (Å²) in [6, 6.07) is -1.85. The maximum absolute atomic E-state index is 12.3.